The van der Waals surface area contributed by atoms with Gasteiger partial charge in [0.2, 0.25) is 5.91 Å². The van der Waals surface area contributed by atoms with Crippen LogP contribution in [0, 0.1) is 19.8 Å². The number of carbonyl (C=O) groups excluding carboxylic acids is 1. The van der Waals surface area contributed by atoms with Gasteiger partial charge in [-0.2, -0.15) is 5.10 Å². The largest absolute Gasteiger partial charge is 0.369 e. The van der Waals surface area contributed by atoms with Gasteiger partial charge in [-0.1, -0.05) is 42.5 Å². The fourth-order valence-corrected chi connectivity index (χ4v) is 4.13. The minimum Gasteiger partial charge on any atom is -0.369 e. The van der Waals surface area contributed by atoms with Crippen molar-refractivity contribution in [1.29, 1.82) is 0 Å². The molecule has 1 atom stereocenters. The van der Waals surface area contributed by atoms with Gasteiger partial charge in [-0.3, -0.25) is 9.69 Å². The van der Waals surface area contributed by atoms with Crippen molar-refractivity contribution in [2.24, 2.45) is 11.7 Å². The molecule has 2 heterocycles. The molecular weight excluding hydrogens is 360 g/mol. The van der Waals surface area contributed by atoms with E-state index in [9.17, 15) is 4.79 Å². The van der Waals surface area contributed by atoms with Crippen LogP contribution in [0.4, 0.5) is 0 Å². The lowest BCUT2D eigenvalue weighted by Crippen LogP contribution is -2.40. The molecule has 5 heteroatoms. The van der Waals surface area contributed by atoms with Gasteiger partial charge < -0.3 is 5.73 Å². The Morgan fingerprint density at radius 1 is 1.17 bits per heavy atom. The molecule has 0 unspecified atom stereocenters. The highest BCUT2D eigenvalue weighted by molar-refractivity contribution is 5.77. The van der Waals surface area contributed by atoms with Gasteiger partial charge in [0.15, 0.2) is 0 Å². The summed E-state index contributed by atoms with van der Waals surface area (Å²) in [5.74, 6) is -0.248. The van der Waals surface area contributed by atoms with Crippen LogP contribution < -0.4 is 5.73 Å². The van der Waals surface area contributed by atoms with Gasteiger partial charge in [0, 0.05) is 30.4 Å². The van der Waals surface area contributed by atoms with E-state index in [-0.39, 0.29) is 11.8 Å². The smallest absolute Gasteiger partial charge is 0.221 e. The van der Waals surface area contributed by atoms with Crippen LogP contribution in [0.2, 0.25) is 0 Å². The highest BCUT2D eigenvalue weighted by Gasteiger charge is 2.25. The number of aromatic nitrogens is 2. The summed E-state index contributed by atoms with van der Waals surface area (Å²) in [4.78, 5) is 14.0. The average Bonchev–Trinajstić information content (AvgIpc) is 3.14. The Kier molecular flexibility index (Phi) is 5.49. The summed E-state index contributed by atoms with van der Waals surface area (Å²) < 4.78 is 2.00. The normalized spacial score (nSPS) is 17.4. The number of primary amides is 1. The van der Waals surface area contributed by atoms with E-state index in [1.165, 1.54) is 16.7 Å². The Morgan fingerprint density at radius 2 is 1.97 bits per heavy atom. The number of hydrogen-bond donors (Lipinski definition) is 1. The van der Waals surface area contributed by atoms with Crippen LogP contribution in [0.3, 0.4) is 0 Å². The number of aryl methyl sites for hydroxylation is 2. The summed E-state index contributed by atoms with van der Waals surface area (Å²) in [5.41, 5.74) is 12.3. The number of amides is 1. The Labute approximate surface area is 172 Å². The molecule has 2 N–H and O–H groups in total. The molecule has 1 amide bonds. The molecule has 150 valence electrons. The molecule has 0 radical (unpaired) electrons. The third-order valence-electron chi connectivity index (χ3n) is 5.75. The summed E-state index contributed by atoms with van der Waals surface area (Å²) in [6.45, 7) is 6.67. The van der Waals surface area contributed by atoms with Crippen molar-refractivity contribution >= 4 is 5.91 Å². The van der Waals surface area contributed by atoms with E-state index < -0.39 is 0 Å². The zero-order valence-corrected chi connectivity index (χ0v) is 17.1. The summed E-state index contributed by atoms with van der Waals surface area (Å²) in [6.07, 6.45) is 4.02. The Hall–Kier alpha value is -2.92. The number of benzene rings is 2. The lowest BCUT2D eigenvalue weighted by Gasteiger charge is -2.31. The number of nitrogens with zero attached hydrogens (tertiary/aromatic N) is 3. The van der Waals surface area contributed by atoms with E-state index in [2.05, 4.69) is 55.3 Å². The summed E-state index contributed by atoms with van der Waals surface area (Å²) in [6, 6.07) is 16.7. The van der Waals surface area contributed by atoms with E-state index >= 15 is 0 Å². The molecule has 0 aliphatic carbocycles. The molecule has 1 saturated heterocycles. The fraction of sp³-hybridized carbons (Fsp3) is 0.333. The van der Waals surface area contributed by atoms with E-state index in [1.54, 1.807) is 0 Å². The molecule has 1 aromatic heterocycles. The maximum atomic E-state index is 11.7. The van der Waals surface area contributed by atoms with Crippen molar-refractivity contribution in [1.82, 2.24) is 14.7 Å². The first-order chi connectivity index (χ1) is 14.0. The minimum absolute atomic E-state index is 0.0574. The molecule has 4 rings (SSSR count). The van der Waals surface area contributed by atoms with Crippen molar-refractivity contribution < 1.29 is 4.79 Å². The summed E-state index contributed by atoms with van der Waals surface area (Å²) in [7, 11) is 0. The molecular formula is C24H28N4O. The van der Waals surface area contributed by atoms with E-state index in [1.807, 2.05) is 22.9 Å². The van der Waals surface area contributed by atoms with Crippen LogP contribution in [0.5, 0.6) is 0 Å². The van der Waals surface area contributed by atoms with Crippen molar-refractivity contribution in [2.75, 3.05) is 13.1 Å². The van der Waals surface area contributed by atoms with Crippen LogP contribution in [-0.4, -0.2) is 33.7 Å². The van der Waals surface area contributed by atoms with E-state index in [0.717, 1.165) is 49.4 Å². The van der Waals surface area contributed by atoms with Crippen molar-refractivity contribution in [3.8, 4) is 16.9 Å². The van der Waals surface area contributed by atoms with Crippen LogP contribution >= 0.6 is 0 Å². The molecule has 0 saturated carbocycles. The number of carbonyl (C=O) groups is 1. The zero-order valence-electron chi connectivity index (χ0n) is 17.1. The average molecular weight is 389 g/mol. The van der Waals surface area contributed by atoms with Gasteiger partial charge in [0.05, 0.1) is 17.3 Å². The number of likely N-dealkylation sites (tertiary alicyclic amines) is 1. The van der Waals surface area contributed by atoms with Gasteiger partial charge in [-0.25, -0.2) is 4.68 Å². The maximum Gasteiger partial charge on any atom is 0.221 e. The maximum absolute atomic E-state index is 11.7. The van der Waals surface area contributed by atoms with Gasteiger partial charge in [0.25, 0.3) is 0 Å². The quantitative estimate of drug-likeness (QED) is 0.722. The number of piperidine rings is 1. The molecule has 29 heavy (non-hydrogen) atoms. The second-order valence-corrected chi connectivity index (χ2v) is 8.08. The zero-order chi connectivity index (χ0) is 20.4. The number of rotatable bonds is 5. The predicted octanol–water partition coefficient (Wildman–Crippen LogP) is 3.85. The molecule has 5 nitrogen and oxygen atoms in total. The Morgan fingerprint density at radius 3 is 2.72 bits per heavy atom. The fourth-order valence-electron chi connectivity index (χ4n) is 4.13. The van der Waals surface area contributed by atoms with Crippen molar-refractivity contribution in [3.05, 3.63) is 71.4 Å². The molecule has 1 aliphatic heterocycles. The lowest BCUT2D eigenvalue weighted by atomic mass is 9.97. The molecule has 0 spiro atoms. The molecule has 1 fully saturated rings. The van der Waals surface area contributed by atoms with Gasteiger partial charge >= 0.3 is 0 Å². The second-order valence-electron chi connectivity index (χ2n) is 8.08. The molecule has 0 bridgehead atoms. The Bertz CT molecular complexity index is 1010. The standard InChI is InChI=1S/C24H28N4O/c1-17-10-11-18(2)22(13-17)28-16-21(23(26-28)19-7-4-3-5-8-19)15-27-12-6-9-20(14-27)24(25)29/h3-5,7-8,10-11,13,16,20H,6,9,12,14-15H2,1-2H3,(H2,25,29)/t20-/m1/s1. The van der Waals surface area contributed by atoms with Gasteiger partial charge in [-0.05, 0) is 50.4 Å². The first-order valence-corrected chi connectivity index (χ1v) is 10.2. The van der Waals surface area contributed by atoms with Crippen LogP contribution in [-0.2, 0) is 11.3 Å². The first-order valence-electron chi connectivity index (χ1n) is 10.2. The van der Waals surface area contributed by atoms with Gasteiger partial charge in [0.1, 0.15) is 0 Å². The molecule has 3 aromatic rings. The lowest BCUT2D eigenvalue weighted by molar-refractivity contribution is -0.123. The molecule has 1 aliphatic rings. The predicted molar refractivity (Wildman–Crippen MR) is 116 cm³/mol. The van der Waals surface area contributed by atoms with E-state index in [0.29, 0.717) is 0 Å². The van der Waals surface area contributed by atoms with Crippen LogP contribution in [0.15, 0.2) is 54.7 Å². The second kappa shape index (κ2) is 8.21. The highest BCUT2D eigenvalue weighted by atomic mass is 16.1. The number of nitrogens with two attached hydrogens (primary N) is 1. The highest BCUT2D eigenvalue weighted by Crippen LogP contribution is 2.27. The summed E-state index contributed by atoms with van der Waals surface area (Å²) >= 11 is 0. The summed E-state index contributed by atoms with van der Waals surface area (Å²) in [5, 5.41) is 4.97. The SMILES string of the molecule is Cc1ccc(C)c(-n2cc(CN3CCC[C@@H](C(N)=O)C3)c(-c3ccccc3)n2)c1. The molecule has 2 aromatic carbocycles. The number of hydrogen-bond acceptors (Lipinski definition) is 3. The first kappa shape index (κ1) is 19.4. The van der Waals surface area contributed by atoms with Crippen LogP contribution in [0.25, 0.3) is 16.9 Å². The Balaban J connectivity index is 1.71. The minimum atomic E-state index is -0.191. The van der Waals surface area contributed by atoms with Crippen LogP contribution in [0.1, 0.15) is 29.5 Å². The third-order valence-corrected chi connectivity index (χ3v) is 5.75. The monoisotopic (exact) mass is 388 g/mol. The van der Waals surface area contributed by atoms with Crippen molar-refractivity contribution in [2.45, 2.75) is 33.2 Å². The third kappa shape index (κ3) is 4.25. The van der Waals surface area contributed by atoms with Crippen molar-refractivity contribution in [3.63, 3.8) is 0 Å². The van der Waals surface area contributed by atoms with E-state index in [4.69, 9.17) is 10.8 Å². The topological polar surface area (TPSA) is 64.2 Å². The van der Waals surface area contributed by atoms with Gasteiger partial charge in [-0.15, -0.1) is 0 Å².